The predicted molar refractivity (Wildman–Crippen MR) is 107 cm³/mol. The molecule has 1 saturated heterocycles. The first kappa shape index (κ1) is 20.3. The monoisotopic (exact) mass is 417 g/mol. The van der Waals surface area contributed by atoms with E-state index in [0.717, 1.165) is 25.6 Å². The van der Waals surface area contributed by atoms with Gasteiger partial charge in [-0.1, -0.05) is 12.1 Å². The zero-order valence-corrected chi connectivity index (χ0v) is 16.6. The van der Waals surface area contributed by atoms with E-state index < -0.39 is 17.8 Å². The van der Waals surface area contributed by atoms with Gasteiger partial charge in [-0.2, -0.15) is 18.3 Å². The molecule has 0 spiro atoms. The van der Waals surface area contributed by atoms with Gasteiger partial charge in [0.2, 0.25) is 0 Å². The second-order valence-corrected chi connectivity index (χ2v) is 7.41. The van der Waals surface area contributed by atoms with Crippen molar-refractivity contribution in [1.82, 2.24) is 20.5 Å². The van der Waals surface area contributed by atoms with Crippen molar-refractivity contribution in [2.45, 2.75) is 38.6 Å². The number of benzene rings is 1. The molecule has 1 aliphatic rings. The van der Waals surface area contributed by atoms with Crippen molar-refractivity contribution >= 4 is 16.7 Å². The molecule has 2 N–H and O–H groups in total. The third-order valence-electron chi connectivity index (χ3n) is 5.30. The highest BCUT2D eigenvalue weighted by Crippen LogP contribution is 2.35. The molecule has 6 nitrogen and oxygen atoms in total. The van der Waals surface area contributed by atoms with Crippen molar-refractivity contribution in [1.29, 1.82) is 0 Å². The van der Waals surface area contributed by atoms with Crippen LogP contribution in [0, 0.1) is 6.92 Å². The first-order valence-corrected chi connectivity index (χ1v) is 9.75. The van der Waals surface area contributed by atoms with E-state index in [1.54, 1.807) is 25.4 Å². The van der Waals surface area contributed by atoms with Crippen LogP contribution in [-0.2, 0) is 6.18 Å². The number of anilines is 1. The first-order valence-electron chi connectivity index (χ1n) is 9.75. The molecule has 1 fully saturated rings. The molecule has 9 heteroatoms. The van der Waals surface area contributed by atoms with Gasteiger partial charge in [0.1, 0.15) is 11.9 Å². The maximum atomic E-state index is 13.3. The Balaban J connectivity index is 1.63. The first-order chi connectivity index (χ1) is 14.3. The van der Waals surface area contributed by atoms with Crippen LogP contribution in [0.15, 0.2) is 36.7 Å². The molecule has 30 heavy (non-hydrogen) atoms. The summed E-state index contributed by atoms with van der Waals surface area (Å²) in [5.41, 5.74) is 0.715. The smallest absolute Gasteiger partial charge is 0.416 e. The zero-order valence-electron chi connectivity index (χ0n) is 16.6. The molecule has 0 aliphatic carbocycles. The number of ether oxygens (including phenoxy) is 1. The molecule has 158 valence electrons. The Hall–Kier alpha value is -2.94. The minimum absolute atomic E-state index is 0.0853. The average Bonchev–Trinajstić information content (AvgIpc) is 3.20. The highest BCUT2D eigenvalue weighted by molar-refractivity contribution is 5.89. The van der Waals surface area contributed by atoms with Crippen LogP contribution in [0.1, 0.15) is 36.1 Å². The SMILES string of the molecule is Cc1c([C@@H](C)Nc2nncc3ncc(O[C@H]4CCNC4)cc23)cccc1C(F)(F)F. The van der Waals surface area contributed by atoms with Gasteiger partial charge in [0.25, 0.3) is 0 Å². The number of halogens is 3. The molecule has 4 rings (SSSR count). The van der Waals surface area contributed by atoms with Crippen LogP contribution >= 0.6 is 0 Å². The van der Waals surface area contributed by atoms with Crippen molar-refractivity contribution in [3.8, 4) is 5.75 Å². The van der Waals surface area contributed by atoms with Crippen molar-refractivity contribution in [2.24, 2.45) is 0 Å². The fourth-order valence-corrected chi connectivity index (χ4v) is 3.75. The number of alkyl halides is 3. The summed E-state index contributed by atoms with van der Waals surface area (Å²) in [6, 6.07) is 5.61. The van der Waals surface area contributed by atoms with Crippen LogP contribution < -0.4 is 15.4 Å². The Morgan fingerprint density at radius 1 is 1.27 bits per heavy atom. The van der Waals surface area contributed by atoms with E-state index in [4.69, 9.17) is 4.74 Å². The fraction of sp³-hybridized carbons (Fsp3) is 0.381. The number of rotatable bonds is 5. The van der Waals surface area contributed by atoms with Gasteiger partial charge in [0.05, 0.1) is 29.5 Å². The predicted octanol–water partition coefficient (Wildman–Crippen LogP) is 4.27. The Morgan fingerprint density at radius 2 is 2.10 bits per heavy atom. The molecular weight excluding hydrogens is 395 g/mol. The highest BCUT2D eigenvalue weighted by atomic mass is 19.4. The van der Waals surface area contributed by atoms with E-state index in [-0.39, 0.29) is 11.7 Å². The molecule has 0 bridgehead atoms. The summed E-state index contributed by atoms with van der Waals surface area (Å²) in [4.78, 5) is 4.39. The number of pyridine rings is 1. The van der Waals surface area contributed by atoms with Crippen LogP contribution in [0.2, 0.25) is 0 Å². The van der Waals surface area contributed by atoms with E-state index in [1.807, 2.05) is 6.07 Å². The molecule has 2 atom stereocenters. The molecule has 0 unspecified atom stereocenters. The summed E-state index contributed by atoms with van der Waals surface area (Å²) >= 11 is 0. The fourth-order valence-electron chi connectivity index (χ4n) is 3.75. The van der Waals surface area contributed by atoms with Crippen LogP contribution in [0.4, 0.5) is 19.0 Å². The topological polar surface area (TPSA) is 72.0 Å². The molecule has 1 aromatic carbocycles. The van der Waals surface area contributed by atoms with Gasteiger partial charge < -0.3 is 15.4 Å². The highest BCUT2D eigenvalue weighted by Gasteiger charge is 2.33. The lowest BCUT2D eigenvalue weighted by Gasteiger charge is -2.20. The van der Waals surface area contributed by atoms with Crippen LogP contribution in [0.5, 0.6) is 5.75 Å². The Labute approximate surface area is 171 Å². The Kier molecular flexibility index (Phi) is 5.46. The molecule has 1 aliphatic heterocycles. The van der Waals surface area contributed by atoms with Gasteiger partial charge in [0, 0.05) is 11.9 Å². The second-order valence-electron chi connectivity index (χ2n) is 7.41. The van der Waals surface area contributed by atoms with Crippen LogP contribution in [-0.4, -0.2) is 34.4 Å². The van der Waals surface area contributed by atoms with Gasteiger partial charge in [-0.15, -0.1) is 5.10 Å². The van der Waals surface area contributed by atoms with Gasteiger partial charge in [-0.3, -0.25) is 4.98 Å². The van der Waals surface area contributed by atoms with Gasteiger partial charge >= 0.3 is 6.18 Å². The molecule has 3 heterocycles. The van der Waals surface area contributed by atoms with Crippen molar-refractivity contribution in [3.63, 3.8) is 0 Å². The lowest BCUT2D eigenvalue weighted by atomic mass is 9.97. The Bertz CT molecular complexity index is 1050. The molecule has 3 aromatic rings. The number of hydrogen-bond acceptors (Lipinski definition) is 6. The summed E-state index contributed by atoms with van der Waals surface area (Å²) in [6.07, 6.45) is -0.204. The second kappa shape index (κ2) is 8.06. The number of nitrogens with zero attached hydrogens (tertiary/aromatic N) is 3. The van der Waals surface area contributed by atoms with Crippen LogP contribution in [0.25, 0.3) is 10.9 Å². The number of nitrogens with one attached hydrogen (secondary N) is 2. The largest absolute Gasteiger partial charge is 0.487 e. The Morgan fingerprint density at radius 3 is 2.83 bits per heavy atom. The molecule has 0 saturated carbocycles. The van der Waals surface area contributed by atoms with E-state index in [1.165, 1.54) is 13.0 Å². The molecule has 0 amide bonds. The molecule has 0 radical (unpaired) electrons. The van der Waals surface area contributed by atoms with Crippen molar-refractivity contribution in [2.75, 3.05) is 18.4 Å². The number of hydrogen-bond donors (Lipinski definition) is 2. The van der Waals surface area contributed by atoms with E-state index in [0.29, 0.717) is 28.0 Å². The quantitative estimate of drug-likeness (QED) is 0.646. The summed E-state index contributed by atoms with van der Waals surface area (Å²) in [6.45, 7) is 4.97. The lowest BCUT2D eigenvalue weighted by Crippen LogP contribution is -2.19. The lowest BCUT2D eigenvalue weighted by molar-refractivity contribution is -0.138. The van der Waals surface area contributed by atoms with Crippen molar-refractivity contribution < 1.29 is 17.9 Å². The maximum absolute atomic E-state index is 13.3. The normalized spacial score (nSPS) is 17.8. The zero-order chi connectivity index (χ0) is 21.3. The van der Waals surface area contributed by atoms with E-state index in [9.17, 15) is 13.2 Å². The van der Waals surface area contributed by atoms with E-state index in [2.05, 4.69) is 25.8 Å². The summed E-state index contributed by atoms with van der Waals surface area (Å²) < 4.78 is 45.8. The van der Waals surface area contributed by atoms with Gasteiger partial charge in [-0.05, 0) is 50.1 Å². The minimum atomic E-state index is -4.40. The van der Waals surface area contributed by atoms with E-state index >= 15 is 0 Å². The average molecular weight is 417 g/mol. The summed E-state index contributed by atoms with van der Waals surface area (Å²) in [7, 11) is 0. The summed E-state index contributed by atoms with van der Waals surface area (Å²) in [5, 5.41) is 15.3. The van der Waals surface area contributed by atoms with Crippen LogP contribution in [0.3, 0.4) is 0 Å². The van der Waals surface area contributed by atoms with Crippen molar-refractivity contribution in [3.05, 3.63) is 53.3 Å². The summed E-state index contributed by atoms with van der Waals surface area (Å²) in [5.74, 6) is 1.06. The number of aromatic nitrogens is 3. The third kappa shape index (κ3) is 4.16. The van der Waals surface area contributed by atoms with Gasteiger partial charge in [0.15, 0.2) is 5.82 Å². The number of fused-ring (bicyclic) bond motifs is 1. The van der Waals surface area contributed by atoms with Gasteiger partial charge in [-0.25, -0.2) is 0 Å². The molecular formula is C21H22F3N5O. The minimum Gasteiger partial charge on any atom is -0.487 e. The molecule has 2 aromatic heterocycles. The standard InChI is InChI=1S/C21H22F3N5O/c1-12-16(4-3-5-18(12)21(22,23)24)13(2)28-20-17-8-15(30-14-6-7-25-9-14)10-26-19(17)11-27-29-20/h3-5,8,10-11,13-14,25H,6-7,9H2,1-2H3,(H,28,29)/t13-,14+/m1/s1. The maximum Gasteiger partial charge on any atom is 0.416 e. The third-order valence-corrected chi connectivity index (χ3v) is 5.30.